The van der Waals surface area contributed by atoms with Gasteiger partial charge in [-0.25, -0.2) is 4.98 Å². The molecular formula is C23H26N4. The van der Waals surface area contributed by atoms with Gasteiger partial charge in [0.15, 0.2) is 0 Å². The minimum absolute atomic E-state index is 0.733. The fourth-order valence-electron chi connectivity index (χ4n) is 3.62. The molecule has 1 aromatic heterocycles. The molecule has 0 radical (unpaired) electrons. The number of benzene rings is 2. The van der Waals surface area contributed by atoms with Gasteiger partial charge in [-0.1, -0.05) is 54.6 Å². The summed E-state index contributed by atoms with van der Waals surface area (Å²) in [7, 11) is 0. The molecule has 0 atom stereocenters. The second-order valence-electron chi connectivity index (χ2n) is 7.15. The van der Waals surface area contributed by atoms with Gasteiger partial charge in [-0.05, 0) is 42.9 Å². The van der Waals surface area contributed by atoms with Crippen LogP contribution < -0.4 is 10.2 Å². The van der Waals surface area contributed by atoms with Crippen molar-refractivity contribution in [3.63, 3.8) is 0 Å². The van der Waals surface area contributed by atoms with Crippen LogP contribution in [0.4, 0.5) is 11.8 Å². The Morgan fingerprint density at radius 2 is 1.74 bits per heavy atom. The van der Waals surface area contributed by atoms with Crippen molar-refractivity contribution in [2.45, 2.75) is 32.7 Å². The van der Waals surface area contributed by atoms with Crippen LogP contribution in [0.15, 0.2) is 60.7 Å². The monoisotopic (exact) mass is 358 g/mol. The number of aromatic nitrogens is 2. The first-order valence-corrected chi connectivity index (χ1v) is 9.73. The molecule has 0 amide bonds. The number of nitrogens with zero attached hydrogens (tertiary/aromatic N) is 3. The molecule has 4 heteroatoms. The molecule has 2 aromatic carbocycles. The molecule has 1 N–H and O–H groups in total. The molecule has 0 bridgehead atoms. The van der Waals surface area contributed by atoms with Crippen molar-refractivity contribution in [3.8, 4) is 0 Å². The maximum absolute atomic E-state index is 4.78. The lowest BCUT2D eigenvalue weighted by Crippen LogP contribution is -2.31. The zero-order chi connectivity index (χ0) is 18.5. The van der Waals surface area contributed by atoms with E-state index in [4.69, 9.17) is 4.98 Å². The van der Waals surface area contributed by atoms with Crippen molar-refractivity contribution in [3.05, 3.63) is 83.0 Å². The molecule has 2 heterocycles. The summed E-state index contributed by atoms with van der Waals surface area (Å²) in [6.07, 6.45) is 3.20. The molecule has 4 nitrogen and oxygen atoms in total. The summed E-state index contributed by atoms with van der Waals surface area (Å²) in [5.41, 5.74) is 5.23. The Morgan fingerprint density at radius 3 is 2.59 bits per heavy atom. The van der Waals surface area contributed by atoms with Crippen LogP contribution in [-0.2, 0) is 19.4 Å². The van der Waals surface area contributed by atoms with Crippen LogP contribution in [0.2, 0.25) is 0 Å². The average Bonchev–Trinajstić information content (AvgIpc) is 2.71. The van der Waals surface area contributed by atoms with E-state index in [1.54, 1.807) is 0 Å². The Labute approximate surface area is 161 Å². The summed E-state index contributed by atoms with van der Waals surface area (Å²) in [4.78, 5) is 11.7. The van der Waals surface area contributed by atoms with Crippen LogP contribution in [0.3, 0.4) is 0 Å². The van der Waals surface area contributed by atoms with E-state index in [9.17, 15) is 0 Å². The van der Waals surface area contributed by atoms with E-state index in [1.165, 1.54) is 16.7 Å². The van der Waals surface area contributed by atoms with Gasteiger partial charge in [0.25, 0.3) is 0 Å². The van der Waals surface area contributed by atoms with E-state index < -0.39 is 0 Å². The predicted octanol–water partition coefficient (Wildman–Crippen LogP) is 4.39. The first-order chi connectivity index (χ1) is 13.3. The standard InChI is InChI=1S/C23H26N4/c1-18-16-22(27-15-13-20-11-5-6-12-21(20)17-27)26-23(25-18)24-14-7-10-19-8-3-2-4-9-19/h2-6,8-9,11-12,16H,7,10,13-15,17H2,1H3,(H,24,25,26). The number of hydrogen-bond donors (Lipinski definition) is 1. The lowest BCUT2D eigenvalue weighted by Gasteiger charge is -2.30. The second kappa shape index (κ2) is 8.21. The predicted molar refractivity (Wildman–Crippen MR) is 111 cm³/mol. The molecule has 0 fully saturated rings. The van der Waals surface area contributed by atoms with Crippen LogP contribution in [-0.4, -0.2) is 23.1 Å². The van der Waals surface area contributed by atoms with Gasteiger partial charge in [-0.15, -0.1) is 0 Å². The first kappa shape index (κ1) is 17.5. The van der Waals surface area contributed by atoms with E-state index >= 15 is 0 Å². The van der Waals surface area contributed by atoms with Gasteiger partial charge in [-0.2, -0.15) is 4.98 Å². The largest absolute Gasteiger partial charge is 0.354 e. The number of aryl methyl sites for hydroxylation is 2. The number of hydrogen-bond acceptors (Lipinski definition) is 4. The van der Waals surface area contributed by atoms with Crippen molar-refractivity contribution in [2.24, 2.45) is 0 Å². The van der Waals surface area contributed by atoms with Gasteiger partial charge in [0.1, 0.15) is 5.82 Å². The zero-order valence-corrected chi connectivity index (χ0v) is 15.9. The molecule has 138 valence electrons. The first-order valence-electron chi connectivity index (χ1n) is 9.73. The van der Waals surface area contributed by atoms with E-state index in [2.05, 4.69) is 75.9 Å². The minimum Gasteiger partial charge on any atom is -0.354 e. The highest BCUT2D eigenvalue weighted by atomic mass is 15.2. The Balaban J connectivity index is 1.38. The summed E-state index contributed by atoms with van der Waals surface area (Å²) in [5, 5.41) is 3.41. The molecule has 27 heavy (non-hydrogen) atoms. The lowest BCUT2D eigenvalue weighted by atomic mass is 10.00. The fraction of sp³-hybridized carbons (Fsp3) is 0.304. The van der Waals surface area contributed by atoms with Crippen molar-refractivity contribution in [2.75, 3.05) is 23.3 Å². The maximum atomic E-state index is 4.78. The summed E-state index contributed by atoms with van der Waals surface area (Å²) in [6, 6.07) is 21.4. The van der Waals surface area contributed by atoms with Gasteiger partial charge in [0, 0.05) is 31.4 Å². The van der Waals surface area contributed by atoms with Crippen molar-refractivity contribution >= 4 is 11.8 Å². The molecule has 3 aromatic rings. The van der Waals surface area contributed by atoms with Crippen LogP contribution >= 0.6 is 0 Å². The van der Waals surface area contributed by atoms with Crippen LogP contribution in [0.25, 0.3) is 0 Å². The van der Waals surface area contributed by atoms with Crippen LogP contribution in [0.5, 0.6) is 0 Å². The molecule has 0 unspecified atom stereocenters. The second-order valence-corrected chi connectivity index (χ2v) is 7.15. The molecule has 4 rings (SSSR count). The number of rotatable bonds is 6. The van der Waals surface area contributed by atoms with Crippen LogP contribution in [0, 0.1) is 6.92 Å². The van der Waals surface area contributed by atoms with Crippen molar-refractivity contribution < 1.29 is 0 Å². The normalized spacial score (nSPS) is 13.3. The molecular weight excluding hydrogens is 332 g/mol. The van der Waals surface area contributed by atoms with Gasteiger partial charge < -0.3 is 10.2 Å². The molecule has 0 spiro atoms. The van der Waals surface area contributed by atoms with E-state index in [1.807, 2.05) is 6.92 Å². The third kappa shape index (κ3) is 4.45. The Kier molecular flexibility index (Phi) is 5.33. The maximum Gasteiger partial charge on any atom is 0.224 e. The van der Waals surface area contributed by atoms with Crippen molar-refractivity contribution in [1.82, 2.24) is 9.97 Å². The number of anilines is 2. The highest BCUT2D eigenvalue weighted by Gasteiger charge is 2.18. The van der Waals surface area contributed by atoms with Gasteiger partial charge >= 0.3 is 0 Å². The van der Waals surface area contributed by atoms with Gasteiger partial charge in [0.05, 0.1) is 0 Å². The molecule has 0 aliphatic carbocycles. The fourth-order valence-corrected chi connectivity index (χ4v) is 3.62. The van der Waals surface area contributed by atoms with Crippen molar-refractivity contribution in [1.29, 1.82) is 0 Å². The summed E-state index contributed by atoms with van der Waals surface area (Å²) in [6.45, 7) is 4.83. The Morgan fingerprint density at radius 1 is 0.963 bits per heavy atom. The van der Waals surface area contributed by atoms with Gasteiger partial charge in [0.2, 0.25) is 5.95 Å². The molecule has 0 saturated heterocycles. The smallest absolute Gasteiger partial charge is 0.224 e. The van der Waals surface area contributed by atoms with E-state index in [-0.39, 0.29) is 0 Å². The summed E-state index contributed by atoms with van der Waals surface area (Å²) in [5.74, 6) is 1.75. The molecule has 0 saturated carbocycles. The third-order valence-corrected chi connectivity index (χ3v) is 5.06. The number of nitrogens with one attached hydrogen (secondary N) is 1. The molecule has 1 aliphatic heterocycles. The lowest BCUT2D eigenvalue weighted by molar-refractivity contribution is 0.718. The third-order valence-electron chi connectivity index (χ3n) is 5.06. The number of fused-ring (bicyclic) bond motifs is 1. The SMILES string of the molecule is Cc1cc(N2CCc3ccccc3C2)nc(NCCCc2ccccc2)n1. The molecule has 1 aliphatic rings. The highest BCUT2D eigenvalue weighted by molar-refractivity contribution is 5.48. The topological polar surface area (TPSA) is 41.1 Å². The Hall–Kier alpha value is -2.88. The minimum atomic E-state index is 0.733. The zero-order valence-electron chi connectivity index (χ0n) is 15.9. The van der Waals surface area contributed by atoms with Gasteiger partial charge in [-0.3, -0.25) is 0 Å². The summed E-state index contributed by atoms with van der Waals surface area (Å²) < 4.78 is 0. The van der Waals surface area contributed by atoms with E-state index in [0.29, 0.717) is 0 Å². The summed E-state index contributed by atoms with van der Waals surface area (Å²) >= 11 is 0. The van der Waals surface area contributed by atoms with E-state index in [0.717, 1.165) is 56.4 Å². The highest BCUT2D eigenvalue weighted by Crippen LogP contribution is 2.24. The Bertz CT molecular complexity index is 892. The van der Waals surface area contributed by atoms with Crippen LogP contribution in [0.1, 0.15) is 28.8 Å². The quantitative estimate of drug-likeness (QED) is 0.664. The average molecular weight is 358 g/mol.